The lowest BCUT2D eigenvalue weighted by atomic mass is 10.1. The van der Waals surface area contributed by atoms with Crippen molar-refractivity contribution in [1.82, 2.24) is 10.6 Å². The molecule has 2 unspecified atom stereocenters. The number of hydrogen-bond donors (Lipinski definition) is 3. The van der Waals surface area contributed by atoms with Gasteiger partial charge in [0.15, 0.2) is 5.96 Å². The number of nitrogens with one attached hydrogen (secondary N) is 2. The summed E-state index contributed by atoms with van der Waals surface area (Å²) < 4.78 is 0. The van der Waals surface area contributed by atoms with Crippen LogP contribution in [-0.2, 0) is 0 Å². The lowest BCUT2D eigenvalue weighted by molar-refractivity contribution is 0.134. The maximum Gasteiger partial charge on any atom is 0.190 e. The molecular formula is C12H24IN3O. The Balaban J connectivity index is 0.00000144. The summed E-state index contributed by atoms with van der Waals surface area (Å²) in [5.41, 5.74) is 0. The Labute approximate surface area is 121 Å². The molecule has 0 amide bonds. The number of aliphatic hydroxyl groups is 1. The molecule has 2 atom stereocenters. The quantitative estimate of drug-likeness (QED) is 0.406. The van der Waals surface area contributed by atoms with E-state index >= 15 is 0 Å². The van der Waals surface area contributed by atoms with Crippen molar-refractivity contribution in [2.45, 2.75) is 38.2 Å². The summed E-state index contributed by atoms with van der Waals surface area (Å²) in [6.45, 7) is 1.87. The molecular weight excluding hydrogens is 329 g/mol. The average Bonchev–Trinajstić information content (AvgIpc) is 3.03. The molecule has 0 spiro atoms. The highest BCUT2D eigenvalue weighted by atomic mass is 127. The zero-order chi connectivity index (χ0) is 11.4. The van der Waals surface area contributed by atoms with Crippen molar-refractivity contribution >= 4 is 29.9 Å². The lowest BCUT2D eigenvalue weighted by Gasteiger charge is -2.17. The SMILES string of the molecule is CN=C(NCC1CC1)NCC1CCCC1O.I. The zero-order valence-corrected chi connectivity index (χ0v) is 12.8. The minimum Gasteiger partial charge on any atom is -0.393 e. The maximum atomic E-state index is 9.70. The van der Waals surface area contributed by atoms with Crippen LogP contribution in [0.15, 0.2) is 4.99 Å². The number of hydrogen-bond acceptors (Lipinski definition) is 2. The number of rotatable bonds is 4. The van der Waals surface area contributed by atoms with Crippen LogP contribution in [0, 0.1) is 11.8 Å². The molecule has 0 aliphatic heterocycles. The van der Waals surface area contributed by atoms with E-state index in [9.17, 15) is 5.11 Å². The van der Waals surface area contributed by atoms with E-state index in [1.54, 1.807) is 7.05 Å². The molecule has 2 rings (SSSR count). The van der Waals surface area contributed by atoms with E-state index in [4.69, 9.17) is 0 Å². The molecule has 3 N–H and O–H groups in total. The Morgan fingerprint density at radius 3 is 2.41 bits per heavy atom. The van der Waals surface area contributed by atoms with Crippen LogP contribution in [0.2, 0.25) is 0 Å². The van der Waals surface area contributed by atoms with Gasteiger partial charge in [-0.3, -0.25) is 4.99 Å². The minimum atomic E-state index is -0.117. The number of guanidine groups is 1. The van der Waals surface area contributed by atoms with Gasteiger partial charge in [0.25, 0.3) is 0 Å². The summed E-state index contributed by atoms with van der Waals surface area (Å²) in [6, 6.07) is 0. The first-order valence-electron chi connectivity index (χ1n) is 6.42. The van der Waals surface area contributed by atoms with Gasteiger partial charge < -0.3 is 15.7 Å². The summed E-state index contributed by atoms with van der Waals surface area (Å²) in [5.74, 6) is 2.14. The van der Waals surface area contributed by atoms with Gasteiger partial charge in [-0.1, -0.05) is 6.42 Å². The molecule has 2 aliphatic carbocycles. The Bertz CT molecular complexity index is 256. The standard InChI is InChI=1S/C12H23N3O.HI/c1-13-12(14-7-9-5-6-9)15-8-10-3-2-4-11(10)16;/h9-11,16H,2-8H2,1H3,(H2,13,14,15);1H. The van der Waals surface area contributed by atoms with E-state index < -0.39 is 0 Å². The van der Waals surface area contributed by atoms with Gasteiger partial charge in [0.05, 0.1) is 6.10 Å². The summed E-state index contributed by atoms with van der Waals surface area (Å²) in [4.78, 5) is 4.19. The third-order valence-corrected chi connectivity index (χ3v) is 3.63. The monoisotopic (exact) mass is 353 g/mol. The third-order valence-electron chi connectivity index (χ3n) is 3.63. The summed E-state index contributed by atoms with van der Waals surface area (Å²) in [7, 11) is 1.80. The van der Waals surface area contributed by atoms with Crippen molar-refractivity contribution in [2.24, 2.45) is 16.8 Å². The molecule has 2 fully saturated rings. The van der Waals surface area contributed by atoms with Crippen molar-refractivity contribution in [3.8, 4) is 0 Å². The molecule has 4 nitrogen and oxygen atoms in total. The largest absolute Gasteiger partial charge is 0.393 e. The van der Waals surface area contributed by atoms with Crippen LogP contribution in [0.3, 0.4) is 0 Å². The van der Waals surface area contributed by atoms with Crippen LogP contribution < -0.4 is 10.6 Å². The van der Waals surface area contributed by atoms with Crippen molar-refractivity contribution < 1.29 is 5.11 Å². The number of aliphatic hydroxyl groups excluding tert-OH is 1. The highest BCUT2D eigenvalue weighted by Crippen LogP contribution is 2.27. The fourth-order valence-electron chi connectivity index (χ4n) is 2.27. The molecule has 5 heteroatoms. The summed E-state index contributed by atoms with van der Waals surface area (Å²) in [6.07, 6.45) is 5.83. The van der Waals surface area contributed by atoms with Gasteiger partial charge >= 0.3 is 0 Å². The van der Waals surface area contributed by atoms with E-state index in [1.165, 1.54) is 12.8 Å². The van der Waals surface area contributed by atoms with E-state index in [2.05, 4.69) is 15.6 Å². The second-order valence-corrected chi connectivity index (χ2v) is 5.04. The van der Waals surface area contributed by atoms with Crippen LogP contribution >= 0.6 is 24.0 Å². The van der Waals surface area contributed by atoms with Gasteiger partial charge in [-0.05, 0) is 31.6 Å². The zero-order valence-electron chi connectivity index (χ0n) is 10.5. The average molecular weight is 353 g/mol. The van der Waals surface area contributed by atoms with Crippen LogP contribution in [0.25, 0.3) is 0 Å². The summed E-state index contributed by atoms with van der Waals surface area (Å²) >= 11 is 0. The van der Waals surface area contributed by atoms with Crippen molar-refractivity contribution in [3.63, 3.8) is 0 Å². The second kappa shape index (κ2) is 7.41. The fourth-order valence-corrected chi connectivity index (χ4v) is 2.27. The van der Waals surface area contributed by atoms with Gasteiger partial charge in [0.2, 0.25) is 0 Å². The first-order valence-corrected chi connectivity index (χ1v) is 6.42. The Morgan fingerprint density at radius 1 is 1.18 bits per heavy atom. The molecule has 2 aliphatic rings. The number of aliphatic imine (C=N–C) groups is 1. The van der Waals surface area contributed by atoms with Gasteiger partial charge in [0.1, 0.15) is 0 Å². The predicted octanol–water partition coefficient (Wildman–Crippen LogP) is 1.34. The third kappa shape index (κ3) is 4.99. The smallest absolute Gasteiger partial charge is 0.190 e. The predicted molar refractivity (Wildman–Crippen MR) is 80.9 cm³/mol. The molecule has 100 valence electrons. The highest BCUT2D eigenvalue weighted by Gasteiger charge is 2.25. The van der Waals surface area contributed by atoms with Crippen LogP contribution in [0.5, 0.6) is 0 Å². The molecule has 0 heterocycles. The Morgan fingerprint density at radius 2 is 1.88 bits per heavy atom. The number of nitrogens with zero attached hydrogens (tertiary/aromatic N) is 1. The van der Waals surface area contributed by atoms with Gasteiger partial charge in [0, 0.05) is 26.1 Å². The Hall–Kier alpha value is -0.0400. The highest BCUT2D eigenvalue weighted by molar-refractivity contribution is 14.0. The molecule has 0 bridgehead atoms. The fraction of sp³-hybridized carbons (Fsp3) is 0.917. The van der Waals surface area contributed by atoms with Crippen molar-refractivity contribution in [1.29, 1.82) is 0 Å². The normalized spacial score (nSPS) is 28.7. The van der Waals surface area contributed by atoms with Gasteiger partial charge in [-0.15, -0.1) is 24.0 Å². The van der Waals surface area contributed by atoms with Crippen molar-refractivity contribution in [3.05, 3.63) is 0 Å². The minimum absolute atomic E-state index is 0. The second-order valence-electron chi connectivity index (χ2n) is 5.04. The topological polar surface area (TPSA) is 56.7 Å². The first-order chi connectivity index (χ1) is 7.79. The molecule has 0 radical (unpaired) electrons. The van der Waals surface area contributed by atoms with E-state index in [0.717, 1.165) is 44.2 Å². The molecule has 0 aromatic carbocycles. The lowest BCUT2D eigenvalue weighted by Crippen LogP contribution is -2.41. The van der Waals surface area contributed by atoms with E-state index in [-0.39, 0.29) is 30.1 Å². The Kier molecular flexibility index (Phi) is 6.54. The summed E-state index contributed by atoms with van der Waals surface area (Å²) in [5, 5.41) is 16.3. The molecule has 2 saturated carbocycles. The first kappa shape index (κ1) is 15.0. The van der Waals surface area contributed by atoms with Crippen LogP contribution in [0.1, 0.15) is 32.1 Å². The molecule has 0 aromatic heterocycles. The van der Waals surface area contributed by atoms with Gasteiger partial charge in [-0.2, -0.15) is 0 Å². The molecule has 17 heavy (non-hydrogen) atoms. The van der Waals surface area contributed by atoms with Crippen LogP contribution in [0.4, 0.5) is 0 Å². The molecule has 0 aromatic rings. The van der Waals surface area contributed by atoms with E-state index in [0.29, 0.717) is 5.92 Å². The number of halogens is 1. The van der Waals surface area contributed by atoms with Crippen molar-refractivity contribution in [2.75, 3.05) is 20.1 Å². The van der Waals surface area contributed by atoms with E-state index in [1.807, 2.05) is 0 Å². The van der Waals surface area contributed by atoms with Crippen LogP contribution in [-0.4, -0.2) is 37.3 Å². The maximum absolute atomic E-state index is 9.70. The van der Waals surface area contributed by atoms with Gasteiger partial charge in [-0.25, -0.2) is 0 Å². The molecule has 0 saturated heterocycles.